The lowest BCUT2D eigenvalue weighted by Crippen LogP contribution is -2.36. The maximum atomic E-state index is 10.8. The van der Waals surface area contributed by atoms with Gasteiger partial charge < -0.3 is 5.32 Å². The first-order valence-corrected chi connectivity index (χ1v) is 4.89. The van der Waals surface area contributed by atoms with E-state index < -0.39 is 10.2 Å². The van der Waals surface area contributed by atoms with Crippen LogP contribution in [-0.4, -0.2) is 26.3 Å². The van der Waals surface area contributed by atoms with Crippen LogP contribution in [0, 0.1) is 0 Å². The first-order chi connectivity index (χ1) is 5.54. The summed E-state index contributed by atoms with van der Waals surface area (Å²) in [5.74, 6) is 0. The van der Waals surface area contributed by atoms with E-state index in [9.17, 15) is 8.42 Å². The molecule has 0 bridgehead atoms. The van der Waals surface area contributed by atoms with Crippen LogP contribution in [0.25, 0.3) is 0 Å². The molecule has 0 unspecified atom stereocenters. The number of allylic oxidation sites excluding steroid dienone is 2. The van der Waals surface area contributed by atoms with Gasteiger partial charge in [-0.2, -0.15) is 8.42 Å². The molecule has 1 aliphatic heterocycles. The van der Waals surface area contributed by atoms with Crippen LogP contribution in [-0.2, 0) is 10.2 Å². The number of hydrogen-bond donors (Lipinski definition) is 2. The smallest absolute Gasteiger partial charge is 0.298 e. The normalized spacial score (nSPS) is 17.5. The fourth-order valence-corrected chi connectivity index (χ4v) is 1.42. The first kappa shape index (κ1) is 9.08. The fourth-order valence-electron chi connectivity index (χ4n) is 0.866. The molecule has 0 aliphatic carbocycles. The quantitative estimate of drug-likeness (QED) is 0.592. The van der Waals surface area contributed by atoms with E-state index in [4.69, 9.17) is 5.14 Å². The molecule has 0 aromatic rings. The number of nitrogens with two attached hydrogens (primary N) is 1. The molecule has 0 saturated heterocycles. The van der Waals surface area contributed by atoms with Crippen molar-refractivity contribution in [2.75, 3.05) is 13.6 Å². The molecule has 0 fully saturated rings. The van der Waals surface area contributed by atoms with E-state index in [2.05, 4.69) is 5.32 Å². The molecule has 0 aromatic heterocycles. The number of nitrogens with one attached hydrogen (secondary N) is 1. The number of hydrogen-bond acceptors (Lipinski definition) is 3. The van der Waals surface area contributed by atoms with Gasteiger partial charge in [-0.1, -0.05) is 0 Å². The highest BCUT2D eigenvalue weighted by molar-refractivity contribution is 7.86. The Bertz CT molecular complexity index is 318. The topological polar surface area (TPSA) is 75.4 Å². The molecule has 0 amide bonds. The number of nitrogens with zero attached hydrogens (tertiary/aromatic N) is 1. The van der Waals surface area contributed by atoms with Crippen LogP contribution in [0.3, 0.4) is 0 Å². The zero-order valence-electron chi connectivity index (χ0n) is 6.69. The van der Waals surface area contributed by atoms with Crippen LogP contribution >= 0.6 is 0 Å². The van der Waals surface area contributed by atoms with Gasteiger partial charge in [-0.05, 0) is 12.2 Å². The summed E-state index contributed by atoms with van der Waals surface area (Å²) < 4.78 is 22.8. The van der Waals surface area contributed by atoms with Gasteiger partial charge in [0.25, 0.3) is 10.2 Å². The van der Waals surface area contributed by atoms with Crippen molar-refractivity contribution < 1.29 is 8.42 Å². The van der Waals surface area contributed by atoms with Crippen LogP contribution in [0.2, 0.25) is 0 Å². The van der Waals surface area contributed by atoms with E-state index in [1.165, 1.54) is 6.20 Å². The Kier molecular flexibility index (Phi) is 2.39. The predicted molar refractivity (Wildman–Crippen MR) is 46.1 cm³/mol. The Morgan fingerprint density at radius 3 is 2.83 bits per heavy atom. The average molecular weight is 189 g/mol. The molecule has 0 spiro atoms. The van der Waals surface area contributed by atoms with Crippen LogP contribution in [0.4, 0.5) is 0 Å². The Balaban J connectivity index is 2.79. The summed E-state index contributed by atoms with van der Waals surface area (Å²) in [7, 11) is -1.87. The van der Waals surface area contributed by atoms with Gasteiger partial charge in [0.2, 0.25) is 0 Å². The molecule has 5 nitrogen and oxygen atoms in total. The molecular weight excluding hydrogens is 178 g/mol. The molecular formula is C6H11N3O2S. The minimum atomic E-state index is -3.60. The van der Waals surface area contributed by atoms with E-state index >= 15 is 0 Å². The summed E-state index contributed by atoms with van der Waals surface area (Å²) >= 11 is 0. The highest BCUT2D eigenvalue weighted by Gasteiger charge is 2.15. The van der Waals surface area contributed by atoms with Gasteiger partial charge in [-0.3, -0.25) is 4.31 Å². The fraction of sp³-hybridized carbons (Fsp3) is 0.333. The second kappa shape index (κ2) is 3.16. The van der Waals surface area contributed by atoms with Crippen molar-refractivity contribution in [3.63, 3.8) is 0 Å². The largest absolute Gasteiger partial charge is 0.390 e. The zero-order chi connectivity index (χ0) is 9.19. The third-order valence-electron chi connectivity index (χ3n) is 1.52. The van der Waals surface area contributed by atoms with E-state index in [1.54, 1.807) is 19.2 Å². The van der Waals surface area contributed by atoms with Crippen molar-refractivity contribution in [3.8, 4) is 0 Å². The van der Waals surface area contributed by atoms with Gasteiger partial charge in [0.15, 0.2) is 0 Å². The van der Waals surface area contributed by atoms with E-state index in [0.29, 0.717) is 0 Å². The van der Waals surface area contributed by atoms with Crippen molar-refractivity contribution in [1.29, 1.82) is 0 Å². The molecule has 3 N–H and O–H groups in total. The number of rotatable bonds is 2. The van der Waals surface area contributed by atoms with Crippen molar-refractivity contribution in [1.82, 2.24) is 9.62 Å². The molecule has 1 rings (SSSR count). The number of likely N-dealkylation sites (N-methyl/N-ethyl adjacent to an activating group) is 1. The van der Waals surface area contributed by atoms with Gasteiger partial charge >= 0.3 is 0 Å². The van der Waals surface area contributed by atoms with E-state index in [1.807, 2.05) is 0 Å². The second-order valence-electron chi connectivity index (χ2n) is 2.37. The minimum Gasteiger partial charge on any atom is -0.390 e. The van der Waals surface area contributed by atoms with E-state index in [0.717, 1.165) is 10.0 Å². The highest BCUT2D eigenvalue weighted by Crippen LogP contribution is 2.06. The Morgan fingerprint density at radius 1 is 1.67 bits per heavy atom. The average Bonchev–Trinajstić information content (AvgIpc) is 2.03. The van der Waals surface area contributed by atoms with Crippen molar-refractivity contribution in [2.24, 2.45) is 5.14 Å². The van der Waals surface area contributed by atoms with Gasteiger partial charge in [0, 0.05) is 18.9 Å². The lowest BCUT2D eigenvalue weighted by Gasteiger charge is -2.21. The monoisotopic (exact) mass is 189 g/mol. The lowest BCUT2D eigenvalue weighted by molar-refractivity contribution is 0.510. The third kappa shape index (κ3) is 1.99. The molecule has 0 atom stereocenters. The van der Waals surface area contributed by atoms with Gasteiger partial charge in [0.05, 0.1) is 6.54 Å². The summed E-state index contributed by atoms with van der Waals surface area (Å²) in [5.41, 5.74) is 0.812. The minimum absolute atomic E-state index is 0.270. The van der Waals surface area contributed by atoms with Gasteiger partial charge in [-0.15, -0.1) is 0 Å². The van der Waals surface area contributed by atoms with Crippen LogP contribution < -0.4 is 10.5 Å². The summed E-state index contributed by atoms with van der Waals surface area (Å²) in [4.78, 5) is 0. The second-order valence-corrected chi connectivity index (χ2v) is 3.87. The maximum Gasteiger partial charge on any atom is 0.298 e. The summed E-state index contributed by atoms with van der Waals surface area (Å²) in [6.45, 7) is 0.270. The molecule has 1 heterocycles. The van der Waals surface area contributed by atoms with Gasteiger partial charge in [-0.25, -0.2) is 5.14 Å². The molecule has 0 aromatic carbocycles. The Morgan fingerprint density at radius 2 is 2.33 bits per heavy atom. The summed E-state index contributed by atoms with van der Waals surface area (Å²) in [6, 6.07) is 0. The van der Waals surface area contributed by atoms with Crippen LogP contribution in [0.15, 0.2) is 24.0 Å². The summed E-state index contributed by atoms with van der Waals surface area (Å²) in [5, 5.41) is 7.77. The maximum absolute atomic E-state index is 10.8. The Hall–Kier alpha value is -1.01. The van der Waals surface area contributed by atoms with Crippen molar-refractivity contribution in [3.05, 3.63) is 24.0 Å². The molecule has 68 valence electrons. The highest BCUT2D eigenvalue weighted by atomic mass is 32.2. The predicted octanol–water partition coefficient (Wildman–Crippen LogP) is -0.877. The first-order valence-electron chi connectivity index (χ1n) is 3.38. The SMILES string of the molecule is CNC1=CC=CN(S(N)(=O)=O)C1. The molecule has 1 aliphatic rings. The van der Waals surface area contributed by atoms with Crippen LogP contribution in [0.5, 0.6) is 0 Å². The molecule has 6 heteroatoms. The van der Waals surface area contributed by atoms with Crippen LogP contribution in [0.1, 0.15) is 0 Å². The van der Waals surface area contributed by atoms with Crippen molar-refractivity contribution in [2.45, 2.75) is 0 Å². The summed E-state index contributed by atoms with van der Waals surface area (Å²) in [6.07, 6.45) is 4.84. The molecule has 12 heavy (non-hydrogen) atoms. The molecule has 0 saturated carbocycles. The van der Waals surface area contributed by atoms with Gasteiger partial charge in [0.1, 0.15) is 0 Å². The van der Waals surface area contributed by atoms with Crippen molar-refractivity contribution >= 4 is 10.2 Å². The zero-order valence-corrected chi connectivity index (χ0v) is 7.50. The lowest BCUT2D eigenvalue weighted by atomic mass is 10.3. The molecule has 0 radical (unpaired) electrons. The standard InChI is InChI=1S/C6H11N3O2S/c1-8-6-3-2-4-9(5-6)12(7,10)11/h2-4,8H,5H2,1H3,(H2,7,10,11). The van der Waals surface area contributed by atoms with E-state index in [-0.39, 0.29) is 6.54 Å². The Labute approximate surface area is 71.7 Å². The third-order valence-corrected chi connectivity index (χ3v) is 2.43.